The third kappa shape index (κ3) is 5.02. The highest BCUT2D eigenvalue weighted by molar-refractivity contribution is 6.30. The summed E-state index contributed by atoms with van der Waals surface area (Å²) >= 11 is 6.03. The van der Waals surface area contributed by atoms with Crippen LogP contribution in [0.2, 0.25) is 5.02 Å². The Morgan fingerprint density at radius 2 is 1.90 bits per heavy atom. The van der Waals surface area contributed by atoms with Crippen LogP contribution >= 0.6 is 11.6 Å². The molecule has 1 saturated carbocycles. The number of hydrogen-bond acceptors (Lipinski definition) is 5. The molecule has 2 aromatic carbocycles. The van der Waals surface area contributed by atoms with E-state index in [9.17, 15) is 0 Å². The van der Waals surface area contributed by atoms with Gasteiger partial charge in [0.05, 0.1) is 19.3 Å². The number of aromatic nitrogens is 2. The van der Waals surface area contributed by atoms with Crippen molar-refractivity contribution in [3.8, 4) is 22.6 Å². The normalized spacial score (nSPS) is 16.9. The van der Waals surface area contributed by atoms with Gasteiger partial charge in [0.15, 0.2) is 0 Å². The molecule has 1 atom stereocenters. The number of carbonyl (C=O) groups is 1. The lowest BCUT2D eigenvalue weighted by Gasteiger charge is -2.27. The molecule has 1 fully saturated rings. The van der Waals surface area contributed by atoms with Crippen LogP contribution in [-0.4, -0.2) is 29.4 Å². The number of halogens is 1. The van der Waals surface area contributed by atoms with E-state index in [2.05, 4.69) is 45.1 Å². The van der Waals surface area contributed by atoms with E-state index in [4.69, 9.17) is 21.1 Å². The molecule has 0 bridgehead atoms. The summed E-state index contributed by atoms with van der Waals surface area (Å²) in [6.07, 6.45) is 8.63. The summed E-state index contributed by atoms with van der Waals surface area (Å²) in [6, 6.07) is 12.9. The van der Waals surface area contributed by atoms with Crippen molar-refractivity contribution in [2.45, 2.75) is 44.7 Å². The van der Waals surface area contributed by atoms with Crippen LogP contribution in [0.5, 0.6) is 11.5 Å². The van der Waals surface area contributed by atoms with Crippen LogP contribution < -0.4 is 10.1 Å². The summed E-state index contributed by atoms with van der Waals surface area (Å²) in [5, 5.41) is 8.86. The van der Waals surface area contributed by atoms with Crippen LogP contribution in [0.25, 0.3) is 11.1 Å². The van der Waals surface area contributed by atoms with E-state index in [1.54, 1.807) is 0 Å². The Hall–Kier alpha value is -2.99. The Morgan fingerprint density at radius 1 is 1.16 bits per heavy atom. The Balaban J connectivity index is 0.000000535. The first-order valence-electron chi connectivity index (χ1n) is 10.5. The van der Waals surface area contributed by atoms with Crippen molar-refractivity contribution in [3.63, 3.8) is 0 Å². The molecule has 3 aromatic rings. The summed E-state index contributed by atoms with van der Waals surface area (Å²) in [7, 11) is 1.31. The molecule has 162 valence electrons. The van der Waals surface area contributed by atoms with E-state index in [1.807, 2.05) is 30.5 Å². The second-order valence-electron chi connectivity index (χ2n) is 7.88. The predicted molar refractivity (Wildman–Crippen MR) is 122 cm³/mol. The van der Waals surface area contributed by atoms with Crippen LogP contribution in [0.15, 0.2) is 48.8 Å². The van der Waals surface area contributed by atoms with Crippen LogP contribution in [0.3, 0.4) is 0 Å². The zero-order chi connectivity index (χ0) is 21.8. The number of ether oxygens (including phenoxy) is 2. The van der Waals surface area contributed by atoms with Crippen molar-refractivity contribution in [1.29, 1.82) is 0 Å². The van der Waals surface area contributed by atoms with Crippen molar-refractivity contribution in [3.05, 3.63) is 59.4 Å². The molecule has 0 saturated heterocycles. The number of methoxy groups -OCH3 is 1. The number of hydrogen-bond donors (Lipinski definition) is 1. The molecule has 7 heteroatoms. The molecule has 0 radical (unpaired) electrons. The minimum atomic E-state index is 0.375. The molecule has 31 heavy (non-hydrogen) atoms. The van der Waals surface area contributed by atoms with Crippen molar-refractivity contribution in [1.82, 2.24) is 9.78 Å². The Kier molecular flexibility index (Phi) is 6.47. The first-order valence-corrected chi connectivity index (χ1v) is 10.8. The van der Waals surface area contributed by atoms with Crippen LogP contribution in [0.4, 0.5) is 5.69 Å². The molecule has 1 aliphatic heterocycles. The molecule has 1 aromatic heterocycles. The Labute approximate surface area is 187 Å². The number of benzene rings is 2. The van der Waals surface area contributed by atoms with E-state index >= 15 is 0 Å². The summed E-state index contributed by atoms with van der Waals surface area (Å²) in [5.74, 6) is 1.71. The van der Waals surface area contributed by atoms with Gasteiger partial charge in [-0.15, -0.1) is 0 Å². The molecule has 0 unspecified atom stereocenters. The molecule has 6 nitrogen and oxygen atoms in total. The molecule has 5 rings (SSSR count). The van der Waals surface area contributed by atoms with Gasteiger partial charge in [0.25, 0.3) is 6.47 Å². The molecule has 0 spiro atoms. The fourth-order valence-corrected chi connectivity index (χ4v) is 3.82. The molecule has 1 N–H and O–H groups in total. The number of carbonyl (C=O) groups excluding carboxylic acids is 1. The lowest BCUT2D eigenvalue weighted by atomic mass is 9.94. The predicted octanol–water partition coefficient (Wildman–Crippen LogP) is 5.87. The maximum atomic E-state index is 8.95. The summed E-state index contributed by atoms with van der Waals surface area (Å²) < 4.78 is 12.3. The third-order valence-electron chi connectivity index (χ3n) is 5.45. The molecule has 0 amide bonds. The fraction of sp³-hybridized carbons (Fsp3) is 0.333. The van der Waals surface area contributed by atoms with Crippen molar-refractivity contribution < 1.29 is 14.3 Å². The summed E-state index contributed by atoms with van der Waals surface area (Å²) in [5.41, 5.74) is 4.59. The minimum absolute atomic E-state index is 0.375. The van der Waals surface area contributed by atoms with E-state index in [1.165, 1.54) is 25.5 Å². The second kappa shape index (κ2) is 9.43. The van der Waals surface area contributed by atoms with Gasteiger partial charge in [0.1, 0.15) is 11.5 Å². The first-order chi connectivity index (χ1) is 15.1. The van der Waals surface area contributed by atoms with Gasteiger partial charge < -0.3 is 14.8 Å². The number of nitrogens with zero attached hydrogens (tertiary/aromatic N) is 2. The quantitative estimate of drug-likeness (QED) is 0.504. The first kappa shape index (κ1) is 21.2. The van der Waals surface area contributed by atoms with E-state index in [0.29, 0.717) is 23.6 Å². The number of fused-ring (bicyclic) bond motifs is 1. The molecule has 2 aliphatic rings. The number of anilines is 1. The average molecular weight is 440 g/mol. The maximum absolute atomic E-state index is 8.95. The number of rotatable bonds is 5. The molecule has 1 aliphatic carbocycles. The second-order valence-corrected chi connectivity index (χ2v) is 8.32. The highest BCUT2D eigenvalue weighted by atomic mass is 35.5. The van der Waals surface area contributed by atoms with Crippen molar-refractivity contribution >= 4 is 23.8 Å². The largest absolute Gasteiger partial charge is 0.471 e. The minimum Gasteiger partial charge on any atom is -0.471 e. The lowest BCUT2D eigenvalue weighted by molar-refractivity contribution is -0.126. The summed E-state index contributed by atoms with van der Waals surface area (Å²) in [6.45, 7) is 2.59. The van der Waals surface area contributed by atoms with Gasteiger partial charge in [0, 0.05) is 39.6 Å². The van der Waals surface area contributed by atoms with Crippen LogP contribution in [-0.2, 0) is 16.0 Å². The smallest absolute Gasteiger partial charge is 0.292 e. The SMILES string of the molecule is COC=O.C[C@H]1CCc2c(ccc(-c3cnn(C4CC4)c3)c2Oc2ccc(Cl)cc2)N1. The lowest BCUT2D eigenvalue weighted by Crippen LogP contribution is -2.22. The maximum Gasteiger partial charge on any atom is 0.292 e. The van der Waals surface area contributed by atoms with Gasteiger partial charge in [0.2, 0.25) is 0 Å². The fourth-order valence-electron chi connectivity index (χ4n) is 3.69. The van der Waals surface area contributed by atoms with Gasteiger partial charge in [-0.05, 0) is 69.0 Å². The zero-order valence-corrected chi connectivity index (χ0v) is 18.4. The van der Waals surface area contributed by atoms with Gasteiger partial charge >= 0.3 is 0 Å². The highest BCUT2D eigenvalue weighted by Crippen LogP contribution is 2.43. The van der Waals surface area contributed by atoms with Crippen LogP contribution in [0.1, 0.15) is 37.8 Å². The summed E-state index contributed by atoms with van der Waals surface area (Å²) in [4.78, 5) is 8.95. The molecule has 2 heterocycles. The third-order valence-corrected chi connectivity index (χ3v) is 5.71. The average Bonchev–Trinajstić information content (AvgIpc) is 3.52. The Morgan fingerprint density at radius 3 is 2.58 bits per heavy atom. The molecular weight excluding hydrogens is 414 g/mol. The topological polar surface area (TPSA) is 65.4 Å². The highest BCUT2D eigenvalue weighted by Gasteiger charge is 2.26. The Bertz CT molecular complexity index is 1040. The monoisotopic (exact) mass is 439 g/mol. The van der Waals surface area contributed by atoms with Crippen molar-refractivity contribution in [2.24, 2.45) is 0 Å². The van der Waals surface area contributed by atoms with Gasteiger partial charge in [-0.1, -0.05) is 11.6 Å². The van der Waals surface area contributed by atoms with Gasteiger partial charge in [-0.2, -0.15) is 5.10 Å². The number of nitrogens with one attached hydrogen (secondary N) is 1. The standard InChI is InChI=1S/C22H22ClN3O.C2H4O2/c1-14-2-9-20-21(25-14)11-10-19(15-12-24-26(13-15)17-5-6-17)22(20)27-18-7-3-16(23)4-8-18;1-4-2-3/h3-4,7-8,10-14,17,25H,2,5-6,9H2,1H3;2H,1H3/t14-;/m0./s1. The van der Waals surface area contributed by atoms with E-state index in [0.717, 1.165) is 41.2 Å². The van der Waals surface area contributed by atoms with E-state index in [-0.39, 0.29) is 0 Å². The zero-order valence-electron chi connectivity index (χ0n) is 17.7. The van der Waals surface area contributed by atoms with Crippen molar-refractivity contribution in [2.75, 3.05) is 12.4 Å². The molecular formula is C24H26ClN3O3. The van der Waals surface area contributed by atoms with Gasteiger partial charge in [-0.3, -0.25) is 9.48 Å². The van der Waals surface area contributed by atoms with E-state index < -0.39 is 0 Å². The van der Waals surface area contributed by atoms with Crippen LogP contribution in [0, 0.1) is 0 Å². The van der Waals surface area contributed by atoms with Gasteiger partial charge in [-0.25, -0.2) is 0 Å².